The van der Waals surface area contributed by atoms with E-state index in [0.717, 1.165) is 29.5 Å². The highest BCUT2D eigenvalue weighted by atomic mass is 32.2. The van der Waals surface area contributed by atoms with Crippen LogP contribution in [0.2, 0.25) is 0 Å². The third-order valence-corrected chi connectivity index (χ3v) is 4.92. The largest absolute Gasteiger partial charge is 0.396 e. The molecule has 0 spiro atoms. The van der Waals surface area contributed by atoms with E-state index in [9.17, 15) is 18.4 Å². The second-order valence-electron chi connectivity index (χ2n) is 5.68. The van der Waals surface area contributed by atoms with Crippen molar-refractivity contribution in [2.45, 2.75) is 6.92 Å². The van der Waals surface area contributed by atoms with Crippen molar-refractivity contribution in [1.82, 2.24) is 0 Å². The van der Waals surface area contributed by atoms with Gasteiger partial charge in [-0.15, -0.1) is 11.8 Å². The molecule has 0 atom stereocenters. The number of carbonyl (C=O) groups excluding carboxylic acids is 2. The Morgan fingerprint density at radius 1 is 1.04 bits per heavy atom. The van der Waals surface area contributed by atoms with Gasteiger partial charge < -0.3 is 5.11 Å². The van der Waals surface area contributed by atoms with Gasteiger partial charge >= 0.3 is 0 Å². The molecule has 4 nitrogen and oxygen atoms in total. The lowest BCUT2D eigenvalue weighted by Gasteiger charge is -2.16. The summed E-state index contributed by atoms with van der Waals surface area (Å²) < 4.78 is 27.3. The van der Waals surface area contributed by atoms with Gasteiger partial charge in [0.15, 0.2) is 0 Å². The molecule has 3 rings (SSSR count). The fourth-order valence-electron chi connectivity index (χ4n) is 2.65. The molecule has 0 unspecified atom stereocenters. The Balaban J connectivity index is 2.09. The summed E-state index contributed by atoms with van der Waals surface area (Å²) >= 11 is 1.03. The first-order valence-electron chi connectivity index (χ1n) is 7.83. The van der Waals surface area contributed by atoms with Gasteiger partial charge in [0.05, 0.1) is 22.8 Å². The average Bonchev–Trinajstić information content (AvgIpc) is 2.85. The maximum absolute atomic E-state index is 14.2. The zero-order valence-electron chi connectivity index (χ0n) is 13.8. The van der Waals surface area contributed by atoms with Gasteiger partial charge in [0.25, 0.3) is 11.8 Å². The molecule has 0 saturated carbocycles. The minimum absolute atomic E-state index is 0.136. The average molecular weight is 375 g/mol. The fraction of sp³-hybridized carbons (Fsp3) is 0.158. The molecule has 2 aromatic carbocycles. The zero-order chi connectivity index (χ0) is 18.8. The summed E-state index contributed by atoms with van der Waals surface area (Å²) in [5.41, 5.74) is 1.36. The minimum atomic E-state index is -0.997. The van der Waals surface area contributed by atoms with Crippen LogP contribution in [0, 0.1) is 18.6 Å². The van der Waals surface area contributed by atoms with Crippen LogP contribution in [0.25, 0.3) is 5.57 Å². The van der Waals surface area contributed by atoms with E-state index in [1.54, 1.807) is 24.3 Å². The molecule has 134 valence electrons. The predicted octanol–water partition coefficient (Wildman–Crippen LogP) is 3.28. The van der Waals surface area contributed by atoms with Crippen molar-refractivity contribution in [3.8, 4) is 0 Å². The van der Waals surface area contributed by atoms with Crippen LogP contribution in [0.5, 0.6) is 0 Å². The highest BCUT2D eigenvalue weighted by molar-refractivity contribution is 8.04. The first-order chi connectivity index (χ1) is 12.4. The van der Waals surface area contributed by atoms with Gasteiger partial charge in [0.1, 0.15) is 11.6 Å². The maximum atomic E-state index is 14.2. The van der Waals surface area contributed by atoms with Crippen molar-refractivity contribution < 1.29 is 23.5 Å². The lowest BCUT2D eigenvalue weighted by Crippen LogP contribution is -2.32. The number of benzene rings is 2. The zero-order valence-corrected chi connectivity index (χ0v) is 14.6. The number of halogens is 2. The summed E-state index contributed by atoms with van der Waals surface area (Å²) in [7, 11) is 0. The first-order valence-corrected chi connectivity index (χ1v) is 8.81. The molecule has 7 heteroatoms. The number of aliphatic hydroxyl groups excluding tert-OH is 1. The van der Waals surface area contributed by atoms with E-state index < -0.39 is 23.4 Å². The van der Waals surface area contributed by atoms with Crippen LogP contribution >= 0.6 is 11.8 Å². The fourth-order valence-corrected chi connectivity index (χ4v) is 3.51. The Morgan fingerprint density at radius 2 is 1.73 bits per heavy atom. The van der Waals surface area contributed by atoms with E-state index in [-0.39, 0.29) is 28.5 Å². The third-order valence-electron chi connectivity index (χ3n) is 3.87. The number of rotatable bonds is 5. The van der Waals surface area contributed by atoms with Crippen LogP contribution in [-0.4, -0.2) is 29.3 Å². The molecule has 0 saturated heterocycles. The van der Waals surface area contributed by atoms with Crippen LogP contribution in [-0.2, 0) is 9.59 Å². The van der Waals surface area contributed by atoms with E-state index in [0.29, 0.717) is 16.5 Å². The molecule has 0 bridgehead atoms. The monoisotopic (exact) mass is 375 g/mol. The number of aryl methyl sites for hydroxylation is 1. The summed E-state index contributed by atoms with van der Waals surface area (Å²) in [5, 5.41) is 9.07. The van der Waals surface area contributed by atoms with E-state index in [4.69, 9.17) is 5.11 Å². The van der Waals surface area contributed by atoms with Crippen LogP contribution in [0.15, 0.2) is 47.4 Å². The molecule has 1 heterocycles. The Labute approximate surface area is 153 Å². The van der Waals surface area contributed by atoms with Crippen molar-refractivity contribution in [2.24, 2.45) is 0 Å². The maximum Gasteiger partial charge on any atom is 0.272 e. The number of nitrogens with zero attached hydrogens (tertiary/aromatic N) is 1. The Bertz CT molecular complexity index is 910. The number of hydrogen-bond acceptors (Lipinski definition) is 4. The topological polar surface area (TPSA) is 57.6 Å². The number of carbonyl (C=O) groups is 2. The van der Waals surface area contributed by atoms with E-state index in [1.807, 2.05) is 6.92 Å². The first kappa shape index (κ1) is 18.3. The number of imide groups is 1. The SMILES string of the molecule is Cc1ccc(C2=C(SCCO)C(=O)N(c3ccc(F)cc3F)C2=O)cc1. The van der Waals surface area contributed by atoms with Crippen LogP contribution in [0.1, 0.15) is 11.1 Å². The van der Waals surface area contributed by atoms with Crippen LogP contribution < -0.4 is 4.90 Å². The van der Waals surface area contributed by atoms with E-state index >= 15 is 0 Å². The molecule has 1 N–H and O–H groups in total. The standard InChI is InChI=1S/C19H15F2NO3S/c1-11-2-4-12(5-3-11)16-17(26-9-8-23)19(25)22(18(16)24)15-7-6-13(20)10-14(15)21/h2-7,10,23H,8-9H2,1H3. The molecular formula is C19H15F2NO3S. The number of amides is 2. The molecular weight excluding hydrogens is 360 g/mol. The van der Waals surface area contributed by atoms with Crippen molar-refractivity contribution in [3.05, 3.63) is 70.1 Å². The van der Waals surface area contributed by atoms with E-state index in [2.05, 4.69) is 0 Å². The Kier molecular flexibility index (Phi) is 5.20. The van der Waals surface area contributed by atoms with Crippen molar-refractivity contribution >= 4 is 34.8 Å². The summed E-state index contributed by atoms with van der Waals surface area (Å²) in [4.78, 5) is 26.6. The molecule has 26 heavy (non-hydrogen) atoms. The highest BCUT2D eigenvalue weighted by Crippen LogP contribution is 2.39. The summed E-state index contributed by atoms with van der Waals surface area (Å²) in [6, 6.07) is 9.70. The number of hydrogen-bond donors (Lipinski definition) is 1. The van der Waals surface area contributed by atoms with Gasteiger partial charge in [-0.25, -0.2) is 13.7 Å². The summed E-state index contributed by atoms with van der Waals surface area (Å²) in [5.74, 6) is -2.95. The second kappa shape index (κ2) is 7.39. The summed E-state index contributed by atoms with van der Waals surface area (Å²) in [6.07, 6.45) is 0. The molecule has 0 aliphatic carbocycles. The molecule has 1 aliphatic rings. The number of thioether (sulfide) groups is 1. The predicted molar refractivity (Wildman–Crippen MR) is 96.5 cm³/mol. The molecule has 0 aromatic heterocycles. The van der Waals surface area contributed by atoms with Gasteiger partial charge in [-0.2, -0.15) is 0 Å². The number of anilines is 1. The summed E-state index contributed by atoms with van der Waals surface area (Å²) in [6.45, 7) is 1.71. The quantitative estimate of drug-likeness (QED) is 0.815. The van der Waals surface area contributed by atoms with Gasteiger partial charge in [0.2, 0.25) is 0 Å². The van der Waals surface area contributed by atoms with Gasteiger partial charge in [-0.05, 0) is 24.6 Å². The molecule has 1 aliphatic heterocycles. The van der Waals surface area contributed by atoms with E-state index in [1.165, 1.54) is 0 Å². The minimum Gasteiger partial charge on any atom is -0.396 e. The van der Waals surface area contributed by atoms with Crippen molar-refractivity contribution in [3.63, 3.8) is 0 Å². The third kappa shape index (κ3) is 3.27. The lowest BCUT2D eigenvalue weighted by atomic mass is 10.0. The van der Waals surface area contributed by atoms with Crippen LogP contribution in [0.4, 0.5) is 14.5 Å². The smallest absolute Gasteiger partial charge is 0.272 e. The van der Waals surface area contributed by atoms with Crippen LogP contribution in [0.3, 0.4) is 0 Å². The van der Waals surface area contributed by atoms with Gasteiger partial charge in [0, 0.05) is 11.8 Å². The Hall–Kier alpha value is -2.51. The number of aliphatic hydroxyl groups is 1. The van der Waals surface area contributed by atoms with Gasteiger partial charge in [-0.1, -0.05) is 29.8 Å². The highest BCUT2D eigenvalue weighted by Gasteiger charge is 2.41. The second-order valence-corrected chi connectivity index (χ2v) is 6.79. The molecule has 0 fully saturated rings. The molecule has 2 aromatic rings. The lowest BCUT2D eigenvalue weighted by molar-refractivity contribution is -0.119. The van der Waals surface area contributed by atoms with Crippen molar-refractivity contribution in [2.75, 3.05) is 17.3 Å². The molecule has 2 amide bonds. The van der Waals surface area contributed by atoms with Gasteiger partial charge in [-0.3, -0.25) is 9.59 Å². The normalized spacial score (nSPS) is 14.5. The molecule has 0 radical (unpaired) electrons. The Morgan fingerprint density at radius 3 is 2.35 bits per heavy atom. The van der Waals surface area contributed by atoms with Crippen molar-refractivity contribution in [1.29, 1.82) is 0 Å².